The molecule has 0 heterocycles. The zero-order valence-corrected chi connectivity index (χ0v) is 9.52. The standard InChI is InChI=1S/C13H12N2S/c1-3-7-12(8-4-1)14-11-15-16-13-9-5-2-6-10-13/h1-11H,(H,14,15). The van der Waals surface area contributed by atoms with Crippen LogP contribution in [0, 0.1) is 0 Å². The molecule has 0 aromatic heterocycles. The molecular weight excluding hydrogens is 216 g/mol. The van der Waals surface area contributed by atoms with Crippen molar-refractivity contribution < 1.29 is 0 Å². The van der Waals surface area contributed by atoms with Gasteiger partial charge in [-0.15, -0.1) is 0 Å². The molecule has 0 radical (unpaired) electrons. The van der Waals surface area contributed by atoms with E-state index in [9.17, 15) is 0 Å². The first-order valence-corrected chi connectivity index (χ1v) is 5.82. The van der Waals surface area contributed by atoms with Crippen LogP contribution in [-0.4, -0.2) is 6.34 Å². The second-order valence-corrected chi connectivity index (χ2v) is 4.04. The molecule has 0 fully saturated rings. The average molecular weight is 228 g/mol. The number of rotatable bonds is 4. The van der Waals surface area contributed by atoms with Crippen LogP contribution in [0.5, 0.6) is 0 Å². The Morgan fingerprint density at radius 3 is 2.19 bits per heavy atom. The number of aliphatic imine (C=N–C) groups is 1. The van der Waals surface area contributed by atoms with E-state index in [1.165, 1.54) is 4.90 Å². The van der Waals surface area contributed by atoms with Gasteiger partial charge in [0.2, 0.25) is 0 Å². The van der Waals surface area contributed by atoms with Gasteiger partial charge in [0.1, 0.15) is 0 Å². The third-order valence-electron chi connectivity index (χ3n) is 1.94. The molecule has 0 bridgehead atoms. The van der Waals surface area contributed by atoms with Gasteiger partial charge < -0.3 is 4.72 Å². The van der Waals surface area contributed by atoms with Crippen LogP contribution in [0.3, 0.4) is 0 Å². The Morgan fingerprint density at radius 1 is 0.875 bits per heavy atom. The van der Waals surface area contributed by atoms with Gasteiger partial charge >= 0.3 is 0 Å². The number of benzene rings is 2. The van der Waals surface area contributed by atoms with Crippen molar-refractivity contribution in [1.29, 1.82) is 0 Å². The van der Waals surface area contributed by atoms with Crippen molar-refractivity contribution in [1.82, 2.24) is 4.72 Å². The minimum atomic E-state index is 0.948. The first kappa shape index (κ1) is 10.8. The van der Waals surface area contributed by atoms with Crippen LogP contribution in [0.2, 0.25) is 0 Å². The topological polar surface area (TPSA) is 24.4 Å². The number of hydrogen-bond donors (Lipinski definition) is 1. The molecule has 0 aliphatic rings. The molecule has 2 aromatic carbocycles. The monoisotopic (exact) mass is 228 g/mol. The lowest BCUT2D eigenvalue weighted by molar-refractivity contribution is 1.42. The number of nitrogens with one attached hydrogen (secondary N) is 1. The van der Waals surface area contributed by atoms with E-state index < -0.39 is 0 Å². The molecule has 16 heavy (non-hydrogen) atoms. The van der Waals surface area contributed by atoms with Gasteiger partial charge in [-0.05, 0) is 36.2 Å². The van der Waals surface area contributed by atoms with Gasteiger partial charge in [0.15, 0.2) is 0 Å². The van der Waals surface area contributed by atoms with E-state index in [-0.39, 0.29) is 0 Å². The summed E-state index contributed by atoms with van der Waals surface area (Å²) < 4.78 is 3.08. The highest BCUT2D eigenvalue weighted by atomic mass is 32.2. The Balaban J connectivity index is 1.83. The van der Waals surface area contributed by atoms with E-state index in [2.05, 4.69) is 9.71 Å². The Bertz CT molecular complexity index is 440. The normalized spacial score (nSPS) is 10.5. The highest BCUT2D eigenvalue weighted by Crippen LogP contribution is 2.13. The van der Waals surface area contributed by atoms with Crippen LogP contribution in [-0.2, 0) is 0 Å². The van der Waals surface area contributed by atoms with Gasteiger partial charge in [-0.1, -0.05) is 36.4 Å². The Hall–Kier alpha value is -1.74. The molecule has 0 unspecified atom stereocenters. The van der Waals surface area contributed by atoms with Crippen LogP contribution in [0.4, 0.5) is 5.69 Å². The lowest BCUT2D eigenvalue weighted by atomic mass is 10.3. The fourth-order valence-electron chi connectivity index (χ4n) is 1.20. The van der Waals surface area contributed by atoms with Gasteiger partial charge in [-0.25, -0.2) is 4.99 Å². The SMILES string of the molecule is C(=Nc1ccccc1)NSc1ccccc1. The Labute approximate surface area is 99.6 Å². The summed E-state index contributed by atoms with van der Waals surface area (Å²) in [5.41, 5.74) is 0.948. The van der Waals surface area contributed by atoms with Crippen molar-refractivity contribution in [3.05, 3.63) is 60.7 Å². The Morgan fingerprint density at radius 2 is 1.50 bits per heavy atom. The summed E-state index contributed by atoms with van der Waals surface area (Å²) in [5.74, 6) is 0. The summed E-state index contributed by atoms with van der Waals surface area (Å²) in [5, 5.41) is 0. The minimum Gasteiger partial charge on any atom is -0.316 e. The molecule has 0 spiro atoms. The quantitative estimate of drug-likeness (QED) is 0.491. The smallest absolute Gasteiger partial charge is 0.0988 e. The van der Waals surface area contributed by atoms with Gasteiger partial charge in [0.05, 0.1) is 12.0 Å². The fraction of sp³-hybridized carbons (Fsp3) is 0. The van der Waals surface area contributed by atoms with E-state index in [4.69, 9.17) is 0 Å². The molecule has 80 valence electrons. The molecule has 0 amide bonds. The maximum absolute atomic E-state index is 4.26. The molecule has 0 atom stereocenters. The summed E-state index contributed by atoms with van der Waals surface area (Å²) in [6.07, 6.45) is 1.70. The Kier molecular flexibility index (Phi) is 4.02. The fourth-order valence-corrected chi connectivity index (χ4v) is 1.73. The van der Waals surface area contributed by atoms with E-state index in [0.717, 1.165) is 5.69 Å². The molecule has 1 N–H and O–H groups in total. The number of hydrogen-bond acceptors (Lipinski definition) is 2. The number of nitrogens with zero attached hydrogens (tertiary/aromatic N) is 1. The van der Waals surface area contributed by atoms with Gasteiger partial charge in [-0.2, -0.15) is 0 Å². The van der Waals surface area contributed by atoms with Crippen molar-refractivity contribution in [3.63, 3.8) is 0 Å². The lowest BCUT2D eigenvalue weighted by Gasteiger charge is -1.98. The molecule has 0 aliphatic carbocycles. The molecule has 3 heteroatoms. The second kappa shape index (κ2) is 5.98. The van der Waals surface area contributed by atoms with Crippen molar-refractivity contribution >= 4 is 24.0 Å². The van der Waals surface area contributed by atoms with Crippen LogP contribution in [0.15, 0.2) is 70.6 Å². The summed E-state index contributed by atoms with van der Waals surface area (Å²) in [4.78, 5) is 5.43. The minimum absolute atomic E-state index is 0.948. The zero-order chi connectivity index (χ0) is 11.1. The van der Waals surface area contributed by atoms with Crippen molar-refractivity contribution in [2.75, 3.05) is 0 Å². The van der Waals surface area contributed by atoms with E-state index in [1.807, 2.05) is 60.7 Å². The van der Waals surface area contributed by atoms with Crippen molar-refractivity contribution in [3.8, 4) is 0 Å². The summed E-state index contributed by atoms with van der Waals surface area (Å²) in [7, 11) is 0. The predicted octanol–water partition coefficient (Wildman–Crippen LogP) is 3.64. The van der Waals surface area contributed by atoms with Gasteiger partial charge in [0, 0.05) is 4.90 Å². The highest BCUT2D eigenvalue weighted by molar-refractivity contribution is 7.97. The number of para-hydroxylation sites is 1. The molecular formula is C13H12N2S. The van der Waals surface area contributed by atoms with Crippen LogP contribution >= 0.6 is 11.9 Å². The molecule has 2 nitrogen and oxygen atoms in total. The van der Waals surface area contributed by atoms with Crippen molar-refractivity contribution in [2.24, 2.45) is 4.99 Å². The molecule has 0 saturated carbocycles. The third kappa shape index (κ3) is 3.44. The van der Waals surface area contributed by atoms with E-state index in [0.29, 0.717) is 0 Å². The van der Waals surface area contributed by atoms with Crippen LogP contribution in [0.25, 0.3) is 0 Å². The molecule has 0 saturated heterocycles. The molecule has 2 rings (SSSR count). The summed E-state index contributed by atoms with van der Waals surface area (Å²) in [6.45, 7) is 0. The molecule has 2 aromatic rings. The first-order chi connectivity index (χ1) is 7.95. The van der Waals surface area contributed by atoms with E-state index >= 15 is 0 Å². The van der Waals surface area contributed by atoms with E-state index in [1.54, 1.807) is 18.3 Å². The van der Waals surface area contributed by atoms with Crippen molar-refractivity contribution in [2.45, 2.75) is 4.90 Å². The van der Waals surface area contributed by atoms with Crippen LogP contribution in [0.1, 0.15) is 0 Å². The summed E-state index contributed by atoms with van der Waals surface area (Å²) in [6, 6.07) is 20.0. The summed E-state index contributed by atoms with van der Waals surface area (Å²) >= 11 is 1.54. The van der Waals surface area contributed by atoms with Crippen LogP contribution < -0.4 is 4.72 Å². The highest BCUT2D eigenvalue weighted by Gasteiger charge is 1.88. The van der Waals surface area contributed by atoms with Gasteiger partial charge in [0.25, 0.3) is 0 Å². The third-order valence-corrected chi connectivity index (χ3v) is 2.67. The second-order valence-electron chi connectivity index (χ2n) is 3.13. The first-order valence-electron chi connectivity index (χ1n) is 5.00. The lowest BCUT2D eigenvalue weighted by Crippen LogP contribution is -1.97. The predicted molar refractivity (Wildman–Crippen MR) is 70.0 cm³/mol. The largest absolute Gasteiger partial charge is 0.316 e. The maximum Gasteiger partial charge on any atom is 0.0988 e. The average Bonchev–Trinajstić information content (AvgIpc) is 2.37. The maximum atomic E-state index is 4.26. The van der Waals surface area contributed by atoms with Gasteiger partial charge in [-0.3, -0.25) is 0 Å². The molecule has 0 aliphatic heterocycles. The zero-order valence-electron chi connectivity index (χ0n) is 8.71.